The molecular formula is C12H14BrN3S. The molecule has 0 aliphatic heterocycles. The summed E-state index contributed by atoms with van der Waals surface area (Å²) in [4.78, 5) is 8.68. The molecule has 2 aromatic rings. The van der Waals surface area contributed by atoms with Gasteiger partial charge >= 0.3 is 0 Å². The first kappa shape index (κ1) is 12.7. The van der Waals surface area contributed by atoms with Gasteiger partial charge in [0.05, 0.1) is 11.2 Å². The maximum atomic E-state index is 4.34. The molecule has 2 aromatic heterocycles. The summed E-state index contributed by atoms with van der Waals surface area (Å²) in [5.74, 6) is 0. The van der Waals surface area contributed by atoms with Crippen molar-refractivity contribution < 1.29 is 0 Å². The van der Waals surface area contributed by atoms with Crippen LogP contribution in [0.2, 0.25) is 0 Å². The SMILES string of the molecule is CC(C)(NCc1ccc(Br)cn1)c1nccs1. The minimum Gasteiger partial charge on any atom is -0.300 e. The first-order chi connectivity index (χ1) is 8.08. The highest BCUT2D eigenvalue weighted by Crippen LogP contribution is 2.22. The van der Waals surface area contributed by atoms with Gasteiger partial charge in [0.2, 0.25) is 0 Å². The molecular weight excluding hydrogens is 298 g/mol. The molecule has 0 atom stereocenters. The molecule has 2 rings (SSSR count). The van der Waals surface area contributed by atoms with Gasteiger partial charge in [-0.05, 0) is 41.9 Å². The molecule has 0 aromatic carbocycles. The molecule has 0 bridgehead atoms. The van der Waals surface area contributed by atoms with Crippen molar-refractivity contribution in [3.63, 3.8) is 0 Å². The Morgan fingerprint density at radius 3 is 2.76 bits per heavy atom. The number of hydrogen-bond acceptors (Lipinski definition) is 4. The van der Waals surface area contributed by atoms with Crippen LogP contribution < -0.4 is 5.32 Å². The summed E-state index contributed by atoms with van der Waals surface area (Å²) in [6, 6.07) is 4.01. The van der Waals surface area contributed by atoms with E-state index < -0.39 is 0 Å². The van der Waals surface area contributed by atoms with Gasteiger partial charge in [-0.25, -0.2) is 4.98 Å². The number of nitrogens with zero attached hydrogens (tertiary/aromatic N) is 2. The van der Waals surface area contributed by atoms with Crippen LogP contribution in [0.5, 0.6) is 0 Å². The molecule has 0 fully saturated rings. The summed E-state index contributed by atoms with van der Waals surface area (Å²) < 4.78 is 1.00. The van der Waals surface area contributed by atoms with Crippen LogP contribution in [0.15, 0.2) is 34.4 Å². The van der Waals surface area contributed by atoms with Crippen molar-refractivity contribution >= 4 is 27.3 Å². The molecule has 0 aliphatic carbocycles. The number of rotatable bonds is 4. The van der Waals surface area contributed by atoms with Gasteiger partial charge in [-0.1, -0.05) is 0 Å². The van der Waals surface area contributed by atoms with Gasteiger partial charge in [-0.15, -0.1) is 11.3 Å². The number of thiazole rings is 1. The highest BCUT2D eigenvalue weighted by atomic mass is 79.9. The number of aromatic nitrogens is 2. The zero-order chi connectivity index (χ0) is 12.3. The first-order valence-corrected chi connectivity index (χ1v) is 7.00. The molecule has 0 spiro atoms. The average Bonchev–Trinajstić information content (AvgIpc) is 2.82. The lowest BCUT2D eigenvalue weighted by Crippen LogP contribution is -2.36. The zero-order valence-electron chi connectivity index (χ0n) is 9.77. The fourth-order valence-electron chi connectivity index (χ4n) is 1.43. The minimum atomic E-state index is -0.122. The summed E-state index contributed by atoms with van der Waals surface area (Å²) in [5.41, 5.74) is 0.904. The summed E-state index contributed by atoms with van der Waals surface area (Å²) in [6.45, 7) is 5.00. The molecule has 0 saturated heterocycles. The molecule has 0 aliphatic rings. The van der Waals surface area contributed by atoms with Crippen molar-refractivity contribution in [1.29, 1.82) is 0 Å². The predicted octanol–water partition coefficient (Wildman–Crippen LogP) is 3.33. The molecule has 0 radical (unpaired) electrons. The van der Waals surface area contributed by atoms with Gasteiger partial charge in [-0.2, -0.15) is 0 Å². The van der Waals surface area contributed by atoms with Gasteiger partial charge in [-0.3, -0.25) is 4.98 Å². The molecule has 0 saturated carbocycles. The highest BCUT2D eigenvalue weighted by Gasteiger charge is 2.22. The van der Waals surface area contributed by atoms with Crippen LogP contribution in [0, 0.1) is 0 Å². The van der Waals surface area contributed by atoms with Crippen molar-refractivity contribution in [2.24, 2.45) is 0 Å². The Morgan fingerprint density at radius 1 is 1.35 bits per heavy atom. The Balaban J connectivity index is 2.00. The average molecular weight is 312 g/mol. The van der Waals surface area contributed by atoms with E-state index in [-0.39, 0.29) is 5.54 Å². The van der Waals surface area contributed by atoms with Gasteiger partial charge in [0.15, 0.2) is 0 Å². The Bertz CT molecular complexity index is 465. The summed E-state index contributed by atoms with van der Waals surface area (Å²) >= 11 is 5.04. The molecule has 3 nitrogen and oxygen atoms in total. The number of pyridine rings is 1. The van der Waals surface area contributed by atoms with E-state index in [4.69, 9.17) is 0 Å². The van der Waals surface area contributed by atoms with E-state index in [9.17, 15) is 0 Å². The Kier molecular flexibility index (Phi) is 3.91. The van der Waals surface area contributed by atoms with E-state index in [1.807, 2.05) is 29.9 Å². The van der Waals surface area contributed by atoms with E-state index in [0.29, 0.717) is 0 Å². The molecule has 5 heteroatoms. The molecule has 2 heterocycles. The summed E-state index contributed by atoms with van der Waals surface area (Å²) in [6.07, 6.45) is 3.65. The number of nitrogens with one attached hydrogen (secondary N) is 1. The van der Waals surface area contributed by atoms with Crippen LogP contribution >= 0.6 is 27.3 Å². The third kappa shape index (κ3) is 3.34. The molecule has 90 valence electrons. The Hall–Kier alpha value is -0.780. The molecule has 0 amide bonds. The van der Waals surface area contributed by atoms with Crippen LogP contribution in [-0.2, 0) is 12.1 Å². The highest BCUT2D eigenvalue weighted by molar-refractivity contribution is 9.10. The monoisotopic (exact) mass is 311 g/mol. The van der Waals surface area contributed by atoms with E-state index in [1.165, 1.54) is 0 Å². The van der Waals surface area contributed by atoms with Crippen molar-refractivity contribution in [3.8, 4) is 0 Å². The zero-order valence-corrected chi connectivity index (χ0v) is 12.2. The third-order valence-corrected chi connectivity index (χ3v) is 4.03. The van der Waals surface area contributed by atoms with E-state index in [0.717, 1.165) is 21.7 Å². The van der Waals surface area contributed by atoms with Crippen LogP contribution in [0.25, 0.3) is 0 Å². The topological polar surface area (TPSA) is 37.8 Å². The van der Waals surface area contributed by atoms with Gasteiger partial charge in [0.25, 0.3) is 0 Å². The second-order valence-electron chi connectivity index (χ2n) is 4.28. The lowest BCUT2D eigenvalue weighted by Gasteiger charge is -2.23. The summed E-state index contributed by atoms with van der Waals surface area (Å²) in [5, 5.41) is 6.56. The lowest BCUT2D eigenvalue weighted by atomic mass is 10.1. The standard InChI is InChI=1S/C12H14BrN3S/c1-12(2,11-14-5-6-17-11)16-8-10-4-3-9(13)7-15-10/h3-7,16H,8H2,1-2H3. The Morgan fingerprint density at radius 2 is 2.18 bits per heavy atom. The van der Waals surface area contributed by atoms with Gasteiger partial charge in [0, 0.05) is 28.8 Å². The first-order valence-electron chi connectivity index (χ1n) is 5.33. The van der Waals surface area contributed by atoms with E-state index in [2.05, 4.69) is 45.1 Å². The second-order valence-corrected chi connectivity index (χ2v) is 6.09. The van der Waals surface area contributed by atoms with Gasteiger partial charge < -0.3 is 5.32 Å². The normalized spacial score (nSPS) is 11.7. The van der Waals surface area contributed by atoms with Crippen molar-refractivity contribution in [2.45, 2.75) is 25.9 Å². The summed E-state index contributed by atoms with van der Waals surface area (Å²) in [7, 11) is 0. The van der Waals surface area contributed by atoms with Crippen molar-refractivity contribution in [3.05, 3.63) is 45.1 Å². The maximum absolute atomic E-state index is 4.34. The van der Waals surface area contributed by atoms with Crippen LogP contribution in [0.4, 0.5) is 0 Å². The quantitative estimate of drug-likeness (QED) is 0.941. The molecule has 0 unspecified atom stereocenters. The number of hydrogen-bond donors (Lipinski definition) is 1. The van der Waals surface area contributed by atoms with Crippen LogP contribution in [0.1, 0.15) is 24.5 Å². The minimum absolute atomic E-state index is 0.122. The predicted molar refractivity (Wildman–Crippen MR) is 73.9 cm³/mol. The molecule has 1 N–H and O–H groups in total. The smallest absolute Gasteiger partial charge is 0.112 e. The number of halogens is 1. The second kappa shape index (κ2) is 5.25. The maximum Gasteiger partial charge on any atom is 0.112 e. The van der Waals surface area contributed by atoms with E-state index >= 15 is 0 Å². The van der Waals surface area contributed by atoms with Crippen LogP contribution in [0.3, 0.4) is 0 Å². The van der Waals surface area contributed by atoms with E-state index in [1.54, 1.807) is 11.3 Å². The van der Waals surface area contributed by atoms with Gasteiger partial charge in [0.1, 0.15) is 5.01 Å². The lowest BCUT2D eigenvalue weighted by molar-refractivity contribution is 0.396. The largest absolute Gasteiger partial charge is 0.300 e. The fraction of sp³-hybridized carbons (Fsp3) is 0.333. The fourth-order valence-corrected chi connectivity index (χ4v) is 2.40. The van der Waals surface area contributed by atoms with Crippen LogP contribution in [-0.4, -0.2) is 9.97 Å². The van der Waals surface area contributed by atoms with Crippen molar-refractivity contribution in [2.75, 3.05) is 0 Å². The Labute approximate surface area is 113 Å². The van der Waals surface area contributed by atoms with Crippen molar-refractivity contribution in [1.82, 2.24) is 15.3 Å². The third-order valence-electron chi connectivity index (χ3n) is 2.47. The molecule has 17 heavy (non-hydrogen) atoms.